The maximum Gasteiger partial charge on any atom is 0.420 e. The molecule has 0 atom stereocenters. The lowest BCUT2D eigenvalue weighted by Gasteiger charge is -2.27. The van der Waals surface area contributed by atoms with Crippen molar-refractivity contribution < 1.29 is 23.4 Å². The lowest BCUT2D eigenvalue weighted by molar-refractivity contribution is -0.119. The van der Waals surface area contributed by atoms with E-state index in [1.807, 2.05) is 12.1 Å². The highest BCUT2D eigenvalue weighted by Crippen LogP contribution is 2.40. The molecule has 1 fully saturated rings. The molecule has 2 aromatic carbocycles. The van der Waals surface area contributed by atoms with Crippen LogP contribution in [0.2, 0.25) is 0 Å². The summed E-state index contributed by atoms with van der Waals surface area (Å²) in [6.07, 6.45) is 0.747. The van der Waals surface area contributed by atoms with Crippen LogP contribution in [-0.2, 0) is 16.1 Å². The van der Waals surface area contributed by atoms with Crippen LogP contribution in [0.15, 0.2) is 45.6 Å². The number of fused-ring (bicyclic) bond motifs is 2. The molecule has 3 heterocycles. The highest BCUT2D eigenvalue weighted by Gasteiger charge is 2.24. The third-order valence-electron chi connectivity index (χ3n) is 6.26. The molecular formula is C25H28N4O6S. The molecule has 1 amide bonds. The number of para-hydroxylation sites is 2. The molecule has 1 aliphatic rings. The smallest absolute Gasteiger partial charge is 0.420 e. The molecule has 0 aliphatic carbocycles. The molecule has 0 radical (unpaired) electrons. The molecule has 0 N–H and O–H groups in total. The molecule has 2 aromatic heterocycles. The lowest BCUT2D eigenvalue weighted by Crippen LogP contribution is -2.40. The largest absolute Gasteiger partial charge is 0.495 e. The summed E-state index contributed by atoms with van der Waals surface area (Å²) in [5, 5.41) is 0.528. The minimum Gasteiger partial charge on any atom is -0.495 e. The minimum atomic E-state index is -0.564. The number of thiazole rings is 1. The summed E-state index contributed by atoms with van der Waals surface area (Å²) >= 11 is 1.37. The summed E-state index contributed by atoms with van der Waals surface area (Å²) in [6.45, 7) is 4.31. The Morgan fingerprint density at radius 1 is 1.11 bits per heavy atom. The van der Waals surface area contributed by atoms with E-state index in [4.69, 9.17) is 23.6 Å². The molecule has 0 saturated carbocycles. The van der Waals surface area contributed by atoms with Gasteiger partial charge in [-0.1, -0.05) is 23.5 Å². The number of hydrogen-bond donors (Lipinski definition) is 0. The molecule has 10 nitrogen and oxygen atoms in total. The number of rotatable bonds is 9. The van der Waals surface area contributed by atoms with Gasteiger partial charge in [0.1, 0.15) is 28.3 Å². The normalized spacial score (nSPS) is 14.4. The number of carbonyl (C=O) groups excluding carboxylic acids is 1. The van der Waals surface area contributed by atoms with Gasteiger partial charge in [0.05, 0.1) is 33.0 Å². The molecule has 1 saturated heterocycles. The molecule has 11 heteroatoms. The van der Waals surface area contributed by atoms with Gasteiger partial charge in [0, 0.05) is 26.2 Å². The van der Waals surface area contributed by atoms with Crippen molar-refractivity contribution in [1.29, 1.82) is 0 Å². The van der Waals surface area contributed by atoms with Crippen molar-refractivity contribution in [3.05, 3.63) is 46.9 Å². The van der Waals surface area contributed by atoms with Crippen LogP contribution in [-0.4, -0.2) is 74.0 Å². The molecule has 36 heavy (non-hydrogen) atoms. The highest BCUT2D eigenvalue weighted by molar-refractivity contribution is 7.22. The number of methoxy groups -OCH3 is 2. The SMILES string of the molecule is COc1ccc(OC)c2sc(N(CCCN3CCOCC3)C(=O)Cn3c(=O)oc4ccccc43)nc12. The van der Waals surface area contributed by atoms with E-state index in [1.54, 1.807) is 43.4 Å². The van der Waals surface area contributed by atoms with Crippen molar-refractivity contribution in [2.45, 2.75) is 13.0 Å². The van der Waals surface area contributed by atoms with E-state index in [1.165, 1.54) is 15.9 Å². The van der Waals surface area contributed by atoms with E-state index in [0.29, 0.717) is 39.8 Å². The van der Waals surface area contributed by atoms with Gasteiger partial charge in [-0.25, -0.2) is 9.78 Å². The van der Waals surface area contributed by atoms with Gasteiger partial charge in [0.2, 0.25) is 5.91 Å². The lowest BCUT2D eigenvalue weighted by atomic mass is 10.3. The first kappa shape index (κ1) is 24.3. The average molecular weight is 513 g/mol. The monoisotopic (exact) mass is 512 g/mol. The Morgan fingerprint density at radius 2 is 1.86 bits per heavy atom. The quantitative estimate of drug-likeness (QED) is 0.338. The number of carbonyl (C=O) groups is 1. The van der Waals surface area contributed by atoms with E-state index in [9.17, 15) is 9.59 Å². The Morgan fingerprint density at radius 3 is 2.64 bits per heavy atom. The number of hydrogen-bond acceptors (Lipinski definition) is 9. The first-order valence-electron chi connectivity index (χ1n) is 11.8. The van der Waals surface area contributed by atoms with Crippen molar-refractivity contribution in [3.8, 4) is 11.5 Å². The molecule has 190 valence electrons. The van der Waals surface area contributed by atoms with E-state index >= 15 is 0 Å². The summed E-state index contributed by atoms with van der Waals surface area (Å²) in [4.78, 5) is 34.9. The third kappa shape index (κ3) is 4.81. The fourth-order valence-corrected chi connectivity index (χ4v) is 5.50. The second-order valence-corrected chi connectivity index (χ2v) is 9.40. The van der Waals surface area contributed by atoms with Crippen LogP contribution in [0.4, 0.5) is 5.13 Å². The topological polar surface area (TPSA) is 99.3 Å². The Kier molecular flexibility index (Phi) is 7.21. The fourth-order valence-electron chi connectivity index (χ4n) is 4.38. The highest BCUT2D eigenvalue weighted by atomic mass is 32.1. The molecule has 1 aliphatic heterocycles. The van der Waals surface area contributed by atoms with Gasteiger partial charge in [-0.15, -0.1) is 0 Å². The molecule has 5 rings (SSSR count). The number of anilines is 1. The van der Waals surface area contributed by atoms with Gasteiger partial charge >= 0.3 is 5.76 Å². The number of morpholine rings is 1. The first-order valence-corrected chi connectivity index (χ1v) is 12.6. The number of nitrogens with zero attached hydrogens (tertiary/aromatic N) is 4. The molecule has 0 spiro atoms. The Balaban J connectivity index is 1.46. The fraction of sp³-hybridized carbons (Fsp3) is 0.400. The van der Waals surface area contributed by atoms with Crippen LogP contribution < -0.4 is 20.1 Å². The van der Waals surface area contributed by atoms with Crippen molar-refractivity contribution in [3.63, 3.8) is 0 Å². The van der Waals surface area contributed by atoms with Gasteiger partial charge in [-0.3, -0.25) is 19.2 Å². The van der Waals surface area contributed by atoms with E-state index in [0.717, 1.165) is 44.0 Å². The van der Waals surface area contributed by atoms with Gasteiger partial charge in [-0.05, 0) is 30.7 Å². The predicted octanol–water partition coefficient (Wildman–Crippen LogP) is 2.98. The second-order valence-electron chi connectivity index (χ2n) is 8.42. The Hall–Kier alpha value is -3.41. The zero-order chi connectivity index (χ0) is 25.1. The average Bonchev–Trinajstić information content (AvgIpc) is 3.48. The maximum absolute atomic E-state index is 13.7. The number of oxazole rings is 1. The van der Waals surface area contributed by atoms with Gasteiger partial charge in [0.15, 0.2) is 10.7 Å². The summed E-state index contributed by atoms with van der Waals surface area (Å²) in [5.41, 5.74) is 1.66. The van der Waals surface area contributed by atoms with Crippen LogP contribution in [0, 0.1) is 0 Å². The number of benzene rings is 2. The summed E-state index contributed by atoms with van der Waals surface area (Å²) in [6, 6.07) is 10.7. The van der Waals surface area contributed by atoms with Crippen LogP contribution in [0.3, 0.4) is 0 Å². The van der Waals surface area contributed by atoms with Crippen molar-refractivity contribution in [1.82, 2.24) is 14.5 Å². The Labute approximate surface area is 211 Å². The molecule has 0 bridgehead atoms. The zero-order valence-electron chi connectivity index (χ0n) is 20.3. The first-order chi connectivity index (χ1) is 17.6. The van der Waals surface area contributed by atoms with Gasteiger partial charge in [-0.2, -0.15) is 0 Å². The molecule has 4 aromatic rings. The van der Waals surface area contributed by atoms with E-state index in [-0.39, 0.29) is 12.5 Å². The standard InChI is InChI=1S/C25H28N4O6S/c1-32-19-8-9-20(33-2)23-22(19)26-24(36-23)28(11-5-10-27-12-14-34-15-13-27)21(30)16-29-17-6-3-4-7-18(17)35-25(29)31/h3-4,6-9H,5,10-16H2,1-2H3. The van der Waals surface area contributed by atoms with Crippen LogP contribution >= 0.6 is 11.3 Å². The van der Waals surface area contributed by atoms with Gasteiger partial charge in [0.25, 0.3) is 0 Å². The molecular weight excluding hydrogens is 484 g/mol. The number of amides is 1. The van der Waals surface area contributed by atoms with Crippen LogP contribution in [0.5, 0.6) is 11.5 Å². The summed E-state index contributed by atoms with van der Waals surface area (Å²) in [7, 11) is 3.18. The van der Waals surface area contributed by atoms with Crippen LogP contribution in [0.1, 0.15) is 6.42 Å². The van der Waals surface area contributed by atoms with Crippen molar-refractivity contribution in [2.75, 3.05) is 58.5 Å². The number of ether oxygens (including phenoxy) is 3. The van der Waals surface area contributed by atoms with E-state index < -0.39 is 5.76 Å². The summed E-state index contributed by atoms with van der Waals surface area (Å²) in [5.74, 6) is 0.450. The summed E-state index contributed by atoms with van der Waals surface area (Å²) < 4.78 is 23.9. The minimum absolute atomic E-state index is 0.155. The number of aromatic nitrogens is 2. The predicted molar refractivity (Wildman–Crippen MR) is 137 cm³/mol. The van der Waals surface area contributed by atoms with Crippen molar-refractivity contribution in [2.24, 2.45) is 0 Å². The second kappa shape index (κ2) is 10.7. The molecule has 0 unspecified atom stereocenters. The zero-order valence-corrected chi connectivity index (χ0v) is 21.1. The van der Waals surface area contributed by atoms with Crippen LogP contribution in [0.25, 0.3) is 21.3 Å². The Bertz CT molecular complexity index is 1380. The third-order valence-corrected chi connectivity index (χ3v) is 7.35. The van der Waals surface area contributed by atoms with Gasteiger partial charge < -0.3 is 18.6 Å². The van der Waals surface area contributed by atoms with Crippen molar-refractivity contribution >= 4 is 43.7 Å². The van der Waals surface area contributed by atoms with E-state index in [2.05, 4.69) is 4.90 Å². The maximum atomic E-state index is 13.7.